The molecule has 0 bridgehead atoms. The third kappa shape index (κ3) is 3.37. The van der Waals surface area contributed by atoms with Gasteiger partial charge in [0.25, 0.3) is 0 Å². The van der Waals surface area contributed by atoms with Crippen molar-refractivity contribution in [2.45, 2.75) is 16.5 Å². The van der Waals surface area contributed by atoms with Crippen molar-refractivity contribution in [1.29, 1.82) is 0 Å². The number of benzene rings is 1. The van der Waals surface area contributed by atoms with E-state index in [2.05, 4.69) is 20.3 Å². The summed E-state index contributed by atoms with van der Waals surface area (Å²) in [5.74, 6) is 0.185. The molecule has 2 heterocycles. The molecule has 1 unspecified atom stereocenters. The van der Waals surface area contributed by atoms with E-state index in [9.17, 15) is 4.79 Å². The summed E-state index contributed by atoms with van der Waals surface area (Å²) in [6.07, 6.45) is 3.18. The van der Waals surface area contributed by atoms with E-state index >= 15 is 0 Å². The van der Waals surface area contributed by atoms with Crippen LogP contribution in [0.1, 0.15) is 6.92 Å². The Kier molecular flexibility index (Phi) is 4.12. The van der Waals surface area contributed by atoms with Gasteiger partial charge in [0.15, 0.2) is 4.34 Å². The molecule has 1 N–H and O–H groups in total. The molecule has 0 aliphatic rings. The second-order valence-corrected chi connectivity index (χ2v) is 6.89. The van der Waals surface area contributed by atoms with Crippen LogP contribution in [0.25, 0.3) is 10.2 Å². The van der Waals surface area contributed by atoms with Crippen LogP contribution in [-0.2, 0) is 4.79 Å². The predicted molar refractivity (Wildman–Crippen MR) is 85.6 cm³/mol. The molecule has 0 saturated heterocycles. The van der Waals surface area contributed by atoms with E-state index in [1.807, 2.05) is 31.2 Å². The van der Waals surface area contributed by atoms with Crippen LogP contribution < -0.4 is 5.32 Å². The van der Waals surface area contributed by atoms with E-state index in [-0.39, 0.29) is 11.2 Å². The van der Waals surface area contributed by atoms with Crippen molar-refractivity contribution in [3.8, 4) is 0 Å². The molecule has 1 aromatic carbocycles. The number of rotatable bonds is 4. The van der Waals surface area contributed by atoms with E-state index in [0.29, 0.717) is 5.95 Å². The van der Waals surface area contributed by atoms with Crippen molar-refractivity contribution in [2.24, 2.45) is 0 Å². The summed E-state index contributed by atoms with van der Waals surface area (Å²) in [5, 5.41) is 2.42. The van der Waals surface area contributed by atoms with Crippen molar-refractivity contribution in [2.75, 3.05) is 5.32 Å². The van der Waals surface area contributed by atoms with Crippen LogP contribution in [0.5, 0.6) is 0 Å². The molecule has 1 atom stereocenters. The molecular formula is C14H12N4OS2. The van der Waals surface area contributed by atoms with E-state index in [1.54, 1.807) is 29.8 Å². The maximum Gasteiger partial charge on any atom is 0.240 e. The highest BCUT2D eigenvalue weighted by Crippen LogP contribution is 2.32. The SMILES string of the molecule is CC(Sc1nc2ccccc2s1)C(=O)Nc1ncccn1. The largest absolute Gasteiger partial charge is 0.294 e. The highest BCUT2D eigenvalue weighted by atomic mass is 32.2. The molecular weight excluding hydrogens is 304 g/mol. The Labute approximate surface area is 129 Å². The minimum Gasteiger partial charge on any atom is -0.294 e. The lowest BCUT2D eigenvalue weighted by Gasteiger charge is -2.08. The van der Waals surface area contributed by atoms with Crippen LogP contribution in [0.4, 0.5) is 5.95 Å². The molecule has 3 aromatic rings. The number of aromatic nitrogens is 3. The van der Waals surface area contributed by atoms with Crippen LogP contribution in [0.3, 0.4) is 0 Å². The number of hydrogen-bond donors (Lipinski definition) is 1. The van der Waals surface area contributed by atoms with Gasteiger partial charge in [-0.25, -0.2) is 15.0 Å². The maximum atomic E-state index is 12.1. The number of fused-ring (bicyclic) bond motifs is 1. The first-order chi connectivity index (χ1) is 10.2. The summed E-state index contributed by atoms with van der Waals surface area (Å²) in [5.41, 5.74) is 0.962. The van der Waals surface area contributed by atoms with Gasteiger partial charge in [0.05, 0.1) is 15.5 Å². The Hall–Kier alpha value is -1.99. The first-order valence-corrected chi connectivity index (χ1v) is 8.02. The predicted octanol–water partition coefficient (Wildman–Crippen LogP) is 3.21. The molecule has 21 heavy (non-hydrogen) atoms. The molecule has 5 nitrogen and oxygen atoms in total. The fourth-order valence-electron chi connectivity index (χ4n) is 1.68. The zero-order valence-corrected chi connectivity index (χ0v) is 12.8. The highest BCUT2D eigenvalue weighted by molar-refractivity contribution is 8.02. The molecule has 0 radical (unpaired) electrons. The number of nitrogens with one attached hydrogen (secondary N) is 1. The van der Waals surface area contributed by atoms with E-state index in [0.717, 1.165) is 14.6 Å². The lowest BCUT2D eigenvalue weighted by Crippen LogP contribution is -2.23. The minimum absolute atomic E-state index is 0.134. The Morgan fingerprint density at radius 2 is 2.00 bits per heavy atom. The zero-order chi connectivity index (χ0) is 14.7. The molecule has 0 saturated carbocycles. The first-order valence-electron chi connectivity index (χ1n) is 6.32. The van der Waals surface area contributed by atoms with Crippen LogP contribution in [-0.4, -0.2) is 26.1 Å². The molecule has 3 rings (SSSR count). The van der Waals surface area contributed by atoms with Gasteiger partial charge in [-0.1, -0.05) is 23.9 Å². The number of thiazole rings is 1. The van der Waals surface area contributed by atoms with Crippen LogP contribution in [0.2, 0.25) is 0 Å². The van der Waals surface area contributed by atoms with Gasteiger partial charge >= 0.3 is 0 Å². The molecule has 0 aliphatic carbocycles. The molecule has 2 aromatic heterocycles. The number of para-hydroxylation sites is 1. The summed E-state index contributed by atoms with van der Waals surface area (Å²) >= 11 is 3.03. The van der Waals surface area contributed by atoms with E-state index in [4.69, 9.17) is 0 Å². The van der Waals surface area contributed by atoms with Gasteiger partial charge in [-0.05, 0) is 25.1 Å². The molecule has 1 amide bonds. The molecule has 106 valence electrons. The van der Waals surface area contributed by atoms with Gasteiger partial charge in [-0.3, -0.25) is 10.1 Å². The average Bonchev–Trinajstić information content (AvgIpc) is 2.90. The third-order valence-electron chi connectivity index (χ3n) is 2.72. The van der Waals surface area contributed by atoms with E-state index in [1.165, 1.54) is 11.8 Å². The van der Waals surface area contributed by atoms with Crippen LogP contribution >= 0.6 is 23.1 Å². The van der Waals surface area contributed by atoms with Crippen molar-refractivity contribution in [3.05, 3.63) is 42.7 Å². The average molecular weight is 316 g/mol. The topological polar surface area (TPSA) is 67.8 Å². The number of thioether (sulfide) groups is 1. The molecule has 0 aliphatic heterocycles. The normalized spacial score (nSPS) is 12.2. The third-order valence-corrected chi connectivity index (χ3v) is 4.95. The van der Waals surface area contributed by atoms with Gasteiger partial charge < -0.3 is 0 Å². The number of nitrogens with zero attached hydrogens (tertiary/aromatic N) is 3. The smallest absolute Gasteiger partial charge is 0.240 e. The summed E-state index contributed by atoms with van der Waals surface area (Å²) in [4.78, 5) is 24.6. The quantitative estimate of drug-likeness (QED) is 0.749. The minimum atomic E-state index is -0.269. The Morgan fingerprint density at radius 1 is 1.24 bits per heavy atom. The monoisotopic (exact) mass is 316 g/mol. The molecule has 7 heteroatoms. The molecule has 0 spiro atoms. The van der Waals surface area contributed by atoms with Crippen molar-refractivity contribution >= 4 is 45.2 Å². The van der Waals surface area contributed by atoms with Crippen molar-refractivity contribution in [3.63, 3.8) is 0 Å². The maximum absolute atomic E-state index is 12.1. The van der Waals surface area contributed by atoms with Gasteiger partial charge in [0.2, 0.25) is 11.9 Å². The van der Waals surface area contributed by atoms with Crippen molar-refractivity contribution < 1.29 is 4.79 Å². The van der Waals surface area contributed by atoms with Crippen molar-refractivity contribution in [1.82, 2.24) is 15.0 Å². The molecule has 0 fully saturated rings. The number of carbonyl (C=O) groups excluding carboxylic acids is 1. The number of amides is 1. The summed E-state index contributed by atoms with van der Waals surface area (Å²) in [7, 11) is 0. The fraction of sp³-hybridized carbons (Fsp3) is 0.143. The highest BCUT2D eigenvalue weighted by Gasteiger charge is 2.17. The summed E-state index contributed by atoms with van der Waals surface area (Å²) < 4.78 is 2.01. The zero-order valence-electron chi connectivity index (χ0n) is 11.2. The second-order valence-electron chi connectivity index (χ2n) is 4.27. The summed E-state index contributed by atoms with van der Waals surface area (Å²) in [6, 6.07) is 9.64. The lowest BCUT2D eigenvalue weighted by molar-refractivity contribution is -0.115. The second kappa shape index (κ2) is 6.19. The van der Waals surface area contributed by atoms with Gasteiger partial charge in [0.1, 0.15) is 0 Å². The summed E-state index contributed by atoms with van der Waals surface area (Å²) in [6.45, 7) is 1.84. The van der Waals surface area contributed by atoms with E-state index < -0.39 is 0 Å². The number of carbonyl (C=O) groups is 1. The number of anilines is 1. The number of hydrogen-bond acceptors (Lipinski definition) is 6. The Morgan fingerprint density at radius 3 is 2.76 bits per heavy atom. The van der Waals surface area contributed by atoms with Gasteiger partial charge in [-0.15, -0.1) is 11.3 Å². The van der Waals surface area contributed by atoms with Crippen LogP contribution in [0, 0.1) is 0 Å². The Balaban J connectivity index is 1.67. The van der Waals surface area contributed by atoms with Gasteiger partial charge in [-0.2, -0.15) is 0 Å². The van der Waals surface area contributed by atoms with Crippen LogP contribution in [0.15, 0.2) is 47.1 Å². The standard InChI is InChI=1S/C14H12N4OS2/c1-9(12(19)18-13-15-7-4-8-16-13)20-14-17-10-5-2-3-6-11(10)21-14/h2-9H,1H3,(H,15,16,18,19). The fourth-order valence-corrected chi connectivity index (χ4v) is 3.89. The Bertz CT molecular complexity index is 727. The first kappa shape index (κ1) is 14.0. The lowest BCUT2D eigenvalue weighted by atomic mass is 10.3. The van der Waals surface area contributed by atoms with Gasteiger partial charge in [0, 0.05) is 12.4 Å².